The highest BCUT2D eigenvalue weighted by molar-refractivity contribution is 5.92. The first-order valence-corrected chi connectivity index (χ1v) is 15.0. The summed E-state index contributed by atoms with van der Waals surface area (Å²) in [6, 6.07) is 0. The van der Waals surface area contributed by atoms with Crippen LogP contribution in [0.3, 0.4) is 0 Å². The van der Waals surface area contributed by atoms with Crippen LogP contribution in [0.2, 0.25) is 0 Å². The fourth-order valence-electron chi connectivity index (χ4n) is 8.50. The van der Waals surface area contributed by atoms with Gasteiger partial charge in [-0.1, -0.05) is 33.3 Å². The van der Waals surface area contributed by atoms with E-state index in [0.29, 0.717) is 19.4 Å². The number of ether oxygens (including phenoxy) is 4. The van der Waals surface area contributed by atoms with Crippen molar-refractivity contribution >= 4 is 17.7 Å². The molecule has 8 atom stereocenters. The summed E-state index contributed by atoms with van der Waals surface area (Å²) in [4.78, 5) is 42.9. The van der Waals surface area contributed by atoms with Gasteiger partial charge in [0.1, 0.15) is 18.3 Å². The second-order valence-electron chi connectivity index (χ2n) is 13.8. The van der Waals surface area contributed by atoms with Gasteiger partial charge in [0.15, 0.2) is 17.5 Å². The predicted octanol–water partition coefficient (Wildman–Crippen LogP) is 2.57. The summed E-state index contributed by atoms with van der Waals surface area (Å²) in [7, 11) is 1.37. The Morgan fingerprint density at radius 1 is 1.10 bits per heavy atom. The molecule has 10 heteroatoms. The number of rotatable bonds is 8. The van der Waals surface area contributed by atoms with Crippen molar-refractivity contribution in [2.45, 2.75) is 115 Å². The Kier molecular flexibility index (Phi) is 8.87. The molecule has 2 aliphatic carbocycles. The number of methoxy groups -OCH3 is 1. The van der Waals surface area contributed by atoms with E-state index in [-0.39, 0.29) is 19.4 Å². The van der Waals surface area contributed by atoms with Crippen LogP contribution >= 0.6 is 0 Å². The minimum absolute atomic E-state index is 0.0877. The normalized spacial score (nSPS) is 42.5. The standard InChI is InChI=1S/C31H49NO9/c1-8-28(4)18-21(34)31(37)29(5)20(33)12-14-27(2,3)25(29)24(39-23(36)19-38-7)26(30(31,6)41-28)40-22(35)13-17-32-15-10-9-11-16-32/h8,20,24-26,33,37H,1,9-19H2,2-7H3/t20-,24-,25-,26-,28-,29-,30+,31-/m0/s1. The summed E-state index contributed by atoms with van der Waals surface area (Å²) in [5.41, 5.74) is -7.48. The molecule has 0 aromatic heterocycles. The molecule has 0 aromatic rings. The number of aliphatic hydroxyl groups is 2. The van der Waals surface area contributed by atoms with Crippen LogP contribution in [-0.4, -0.2) is 101 Å². The van der Waals surface area contributed by atoms with Gasteiger partial charge in [0.05, 0.1) is 18.1 Å². The lowest BCUT2D eigenvalue weighted by Gasteiger charge is -2.71. The maximum Gasteiger partial charge on any atom is 0.332 e. The van der Waals surface area contributed by atoms with Crippen molar-refractivity contribution in [1.82, 2.24) is 4.90 Å². The zero-order chi connectivity index (χ0) is 30.4. The number of carbonyl (C=O) groups is 3. The van der Waals surface area contributed by atoms with Gasteiger partial charge in [0.2, 0.25) is 0 Å². The molecule has 0 amide bonds. The maximum atomic E-state index is 14.2. The third-order valence-corrected chi connectivity index (χ3v) is 10.6. The molecule has 4 aliphatic rings. The van der Waals surface area contributed by atoms with Crippen molar-refractivity contribution in [1.29, 1.82) is 0 Å². The molecule has 0 aromatic carbocycles. The van der Waals surface area contributed by atoms with Crippen LogP contribution in [0.25, 0.3) is 0 Å². The van der Waals surface area contributed by atoms with E-state index in [1.54, 1.807) is 13.8 Å². The van der Waals surface area contributed by atoms with Crippen molar-refractivity contribution in [3.8, 4) is 0 Å². The first-order valence-electron chi connectivity index (χ1n) is 15.0. The summed E-state index contributed by atoms with van der Waals surface area (Å²) in [5.74, 6) is -2.53. The van der Waals surface area contributed by atoms with Gasteiger partial charge in [-0.25, -0.2) is 4.79 Å². The lowest BCUT2D eigenvalue weighted by molar-refractivity contribution is -0.371. The quantitative estimate of drug-likeness (QED) is 0.327. The van der Waals surface area contributed by atoms with Gasteiger partial charge in [0.25, 0.3) is 0 Å². The Labute approximate surface area is 243 Å². The topological polar surface area (TPSA) is 132 Å². The van der Waals surface area contributed by atoms with Crippen LogP contribution in [-0.2, 0) is 33.3 Å². The molecule has 2 saturated heterocycles. The van der Waals surface area contributed by atoms with E-state index in [1.165, 1.54) is 26.5 Å². The smallest absolute Gasteiger partial charge is 0.332 e. The van der Waals surface area contributed by atoms with E-state index in [4.69, 9.17) is 18.9 Å². The Morgan fingerprint density at radius 2 is 1.76 bits per heavy atom. The molecule has 2 N–H and O–H groups in total. The van der Waals surface area contributed by atoms with E-state index >= 15 is 0 Å². The minimum Gasteiger partial charge on any atom is -0.456 e. The van der Waals surface area contributed by atoms with Crippen molar-refractivity contribution in [3.63, 3.8) is 0 Å². The lowest BCUT2D eigenvalue weighted by atomic mass is 9.39. The monoisotopic (exact) mass is 579 g/mol. The molecule has 4 rings (SSSR count). The largest absolute Gasteiger partial charge is 0.456 e. The number of hydrogen-bond donors (Lipinski definition) is 2. The Morgan fingerprint density at radius 3 is 2.37 bits per heavy atom. The van der Waals surface area contributed by atoms with E-state index in [0.717, 1.165) is 25.9 Å². The van der Waals surface area contributed by atoms with Gasteiger partial charge >= 0.3 is 11.9 Å². The molecule has 0 spiro atoms. The van der Waals surface area contributed by atoms with Crippen LogP contribution in [0.5, 0.6) is 0 Å². The molecular weight excluding hydrogens is 530 g/mol. The third-order valence-electron chi connectivity index (χ3n) is 10.6. The van der Waals surface area contributed by atoms with Crippen LogP contribution in [0, 0.1) is 16.7 Å². The maximum absolute atomic E-state index is 14.2. The average molecular weight is 580 g/mol. The van der Waals surface area contributed by atoms with Gasteiger partial charge in [0, 0.05) is 31.4 Å². The molecule has 0 unspecified atom stereocenters. The molecule has 2 aliphatic heterocycles. The molecule has 10 nitrogen and oxygen atoms in total. The van der Waals surface area contributed by atoms with E-state index in [1.807, 2.05) is 13.8 Å². The highest BCUT2D eigenvalue weighted by Crippen LogP contribution is 2.67. The second-order valence-corrected chi connectivity index (χ2v) is 13.8. The van der Waals surface area contributed by atoms with Gasteiger partial charge < -0.3 is 34.1 Å². The minimum atomic E-state index is -2.27. The lowest BCUT2D eigenvalue weighted by Crippen LogP contribution is -2.87. The molecular formula is C31H49NO9. The number of likely N-dealkylation sites (tertiary alicyclic amines) is 1. The molecule has 232 valence electrons. The SMILES string of the molecule is C=C[C@@]1(C)CC(=O)[C@]2(O)[C@@]3(C)[C@@H](O)CCC(C)(C)[C@@H]3[C@H](OC(=O)COC)[C@H](OC(=O)CCN3CCCCC3)[C@@]2(C)O1. The zero-order valence-electron chi connectivity index (χ0n) is 25.6. The van der Waals surface area contributed by atoms with Crippen LogP contribution in [0.1, 0.15) is 79.6 Å². The average Bonchev–Trinajstić information content (AvgIpc) is 2.91. The number of piperidine rings is 1. The highest BCUT2D eigenvalue weighted by atomic mass is 16.6. The first-order chi connectivity index (χ1) is 19.1. The van der Waals surface area contributed by atoms with Crippen molar-refractivity contribution in [2.75, 3.05) is 33.4 Å². The fraction of sp³-hybridized carbons (Fsp3) is 0.839. The number of Topliss-reactive ketones (excluding diaryl/α,β-unsaturated/α-hetero) is 1. The molecule has 2 heterocycles. The van der Waals surface area contributed by atoms with Crippen LogP contribution in [0.15, 0.2) is 12.7 Å². The Balaban J connectivity index is 1.84. The summed E-state index contributed by atoms with van der Waals surface area (Å²) < 4.78 is 23.9. The third kappa shape index (κ3) is 5.18. The molecule has 4 fully saturated rings. The summed E-state index contributed by atoms with van der Waals surface area (Å²) in [6.07, 6.45) is 1.97. The van der Waals surface area contributed by atoms with Gasteiger partial charge in [-0.05, 0) is 58.0 Å². The van der Waals surface area contributed by atoms with E-state index in [2.05, 4.69) is 11.5 Å². The molecule has 2 saturated carbocycles. The number of esters is 2. The van der Waals surface area contributed by atoms with Crippen LogP contribution in [0.4, 0.5) is 0 Å². The Hall–Kier alpha value is -1.85. The number of nitrogens with zero attached hydrogens (tertiary/aromatic N) is 1. The predicted molar refractivity (Wildman–Crippen MR) is 150 cm³/mol. The highest BCUT2D eigenvalue weighted by Gasteiger charge is 2.82. The summed E-state index contributed by atoms with van der Waals surface area (Å²) in [5, 5.41) is 24.3. The van der Waals surface area contributed by atoms with Gasteiger partial charge in [-0.15, -0.1) is 6.58 Å². The van der Waals surface area contributed by atoms with E-state index in [9.17, 15) is 24.6 Å². The molecule has 0 radical (unpaired) electrons. The number of hydrogen-bond acceptors (Lipinski definition) is 10. The zero-order valence-corrected chi connectivity index (χ0v) is 25.6. The van der Waals surface area contributed by atoms with Gasteiger partial charge in [-0.2, -0.15) is 0 Å². The summed E-state index contributed by atoms with van der Waals surface area (Å²) >= 11 is 0. The number of ketones is 1. The van der Waals surface area contributed by atoms with Crippen molar-refractivity contribution in [2.24, 2.45) is 16.7 Å². The number of aliphatic hydroxyl groups excluding tert-OH is 1. The Bertz CT molecular complexity index is 1040. The summed E-state index contributed by atoms with van der Waals surface area (Å²) in [6.45, 7) is 14.6. The molecule has 0 bridgehead atoms. The second kappa shape index (κ2) is 11.3. The van der Waals surface area contributed by atoms with Crippen molar-refractivity contribution < 1.29 is 43.5 Å². The number of carbonyl (C=O) groups excluding carboxylic acids is 3. The number of fused-ring (bicyclic) bond motifs is 3. The first kappa shape index (κ1) is 32.1. The van der Waals surface area contributed by atoms with E-state index < -0.39 is 69.6 Å². The van der Waals surface area contributed by atoms with Crippen molar-refractivity contribution in [3.05, 3.63) is 12.7 Å². The fourth-order valence-corrected chi connectivity index (χ4v) is 8.50. The molecule has 41 heavy (non-hydrogen) atoms. The van der Waals surface area contributed by atoms with Gasteiger partial charge in [-0.3, -0.25) is 9.59 Å². The van der Waals surface area contributed by atoms with Crippen LogP contribution < -0.4 is 0 Å².